The van der Waals surface area contributed by atoms with E-state index in [0.29, 0.717) is 6.04 Å². The van der Waals surface area contributed by atoms with Gasteiger partial charge in [0.1, 0.15) is 11.5 Å². The van der Waals surface area contributed by atoms with Gasteiger partial charge in [0.05, 0.1) is 5.60 Å². The van der Waals surface area contributed by atoms with Crippen LogP contribution in [-0.4, -0.2) is 48.6 Å². The largest absolute Gasteiger partial charge is 0.381 e. The zero-order chi connectivity index (χ0) is 15.7. The van der Waals surface area contributed by atoms with Gasteiger partial charge in [0.15, 0.2) is 0 Å². The fraction of sp³-hybridized carbons (Fsp3) is 0.833. The van der Waals surface area contributed by atoms with Crippen LogP contribution in [0.5, 0.6) is 0 Å². The van der Waals surface area contributed by atoms with E-state index in [1.54, 1.807) is 0 Å². The Morgan fingerprint density at radius 2 is 2.00 bits per heavy atom. The zero-order valence-electron chi connectivity index (χ0n) is 14.2. The smallest absolute Gasteiger partial charge is 0.140 e. The number of nitrogens with zero attached hydrogens (tertiary/aromatic N) is 2. The van der Waals surface area contributed by atoms with Crippen LogP contribution < -0.4 is 0 Å². The van der Waals surface area contributed by atoms with E-state index in [4.69, 9.17) is 14.0 Å². The Labute approximate surface area is 138 Å². The van der Waals surface area contributed by atoms with Crippen molar-refractivity contribution in [1.29, 1.82) is 0 Å². The molecule has 0 aromatic carbocycles. The summed E-state index contributed by atoms with van der Waals surface area (Å²) in [6, 6.07) is 0.567. The topological polar surface area (TPSA) is 47.7 Å². The maximum absolute atomic E-state index is 6.17. The van der Waals surface area contributed by atoms with Gasteiger partial charge in [0.2, 0.25) is 0 Å². The molecule has 0 N–H and O–H groups in total. The fourth-order valence-electron chi connectivity index (χ4n) is 4.41. The first-order valence-corrected chi connectivity index (χ1v) is 9.14. The molecule has 3 aliphatic rings. The molecule has 23 heavy (non-hydrogen) atoms. The molecule has 5 heteroatoms. The molecule has 2 aliphatic heterocycles. The van der Waals surface area contributed by atoms with Crippen LogP contribution >= 0.6 is 0 Å². The molecule has 0 radical (unpaired) electrons. The SMILES string of the molecule is CN(Cc1noc2c1CCCC2)C1CCOC2(CCOCC2)C1. The van der Waals surface area contributed by atoms with Crippen molar-refractivity contribution >= 4 is 0 Å². The molecule has 2 saturated heterocycles. The Bertz CT molecular complexity index is 531. The van der Waals surface area contributed by atoms with E-state index in [0.717, 1.165) is 76.3 Å². The van der Waals surface area contributed by atoms with Crippen LogP contribution in [0.25, 0.3) is 0 Å². The van der Waals surface area contributed by atoms with Crippen LogP contribution in [0.2, 0.25) is 0 Å². The Kier molecular flexibility index (Phi) is 4.43. The predicted molar refractivity (Wildman–Crippen MR) is 86.4 cm³/mol. The van der Waals surface area contributed by atoms with Crippen molar-refractivity contribution in [3.05, 3.63) is 17.0 Å². The van der Waals surface area contributed by atoms with Crippen molar-refractivity contribution in [2.75, 3.05) is 26.9 Å². The lowest BCUT2D eigenvalue weighted by atomic mass is 9.83. The number of aromatic nitrogens is 1. The van der Waals surface area contributed by atoms with Crippen LogP contribution in [0.3, 0.4) is 0 Å². The lowest BCUT2D eigenvalue weighted by Crippen LogP contribution is -2.50. The quantitative estimate of drug-likeness (QED) is 0.857. The van der Waals surface area contributed by atoms with Gasteiger partial charge < -0.3 is 14.0 Å². The molecule has 0 saturated carbocycles. The summed E-state index contributed by atoms with van der Waals surface area (Å²) >= 11 is 0. The third-order valence-corrected chi connectivity index (χ3v) is 5.93. The molecule has 0 bridgehead atoms. The number of aryl methyl sites for hydroxylation is 1. The van der Waals surface area contributed by atoms with E-state index in [2.05, 4.69) is 17.1 Å². The second kappa shape index (κ2) is 6.54. The standard InChI is InChI=1S/C18H28N2O3/c1-20(13-16-15-4-2-3-5-17(15)23-19-16)14-6-9-22-18(12-14)7-10-21-11-8-18/h14H,2-13H2,1H3. The predicted octanol–water partition coefficient (Wildman–Crippen LogP) is 2.71. The number of ether oxygens (including phenoxy) is 2. The van der Waals surface area contributed by atoms with Gasteiger partial charge in [-0.2, -0.15) is 0 Å². The van der Waals surface area contributed by atoms with Gasteiger partial charge in [-0.15, -0.1) is 0 Å². The van der Waals surface area contributed by atoms with Crippen LogP contribution in [0.4, 0.5) is 0 Å². The highest BCUT2D eigenvalue weighted by Crippen LogP contribution is 2.36. The molecule has 1 atom stereocenters. The van der Waals surface area contributed by atoms with Crippen molar-refractivity contribution in [2.45, 2.75) is 69.6 Å². The highest BCUT2D eigenvalue weighted by molar-refractivity contribution is 5.25. The average Bonchev–Trinajstić information content (AvgIpc) is 2.99. The van der Waals surface area contributed by atoms with Crippen molar-refractivity contribution in [1.82, 2.24) is 10.1 Å². The van der Waals surface area contributed by atoms with E-state index in [1.807, 2.05) is 0 Å². The Balaban J connectivity index is 1.42. The molecule has 1 aromatic heterocycles. The fourth-order valence-corrected chi connectivity index (χ4v) is 4.41. The van der Waals surface area contributed by atoms with E-state index in [1.165, 1.54) is 18.4 Å². The first-order valence-electron chi connectivity index (χ1n) is 9.14. The number of fused-ring (bicyclic) bond motifs is 1. The summed E-state index contributed by atoms with van der Waals surface area (Å²) in [5.41, 5.74) is 2.60. The van der Waals surface area contributed by atoms with Gasteiger partial charge in [-0.25, -0.2) is 0 Å². The minimum atomic E-state index is 0.0542. The number of hydrogen-bond acceptors (Lipinski definition) is 5. The van der Waals surface area contributed by atoms with Gasteiger partial charge >= 0.3 is 0 Å². The van der Waals surface area contributed by atoms with Crippen molar-refractivity contribution < 1.29 is 14.0 Å². The summed E-state index contributed by atoms with van der Waals surface area (Å²) < 4.78 is 17.3. The second-order valence-corrected chi connectivity index (χ2v) is 7.44. The summed E-state index contributed by atoms with van der Waals surface area (Å²) in [4.78, 5) is 2.46. The van der Waals surface area contributed by atoms with Gasteiger partial charge in [0.25, 0.3) is 0 Å². The second-order valence-electron chi connectivity index (χ2n) is 7.44. The Morgan fingerprint density at radius 3 is 2.87 bits per heavy atom. The van der Waals surface area contributed by atoms with Crippen molar-refractivity contribution in [2.24, 2.45) is 0 Å². The molecule has 0 amide bonds. The van der Waals surface area contributed by atoms with Crippen LogP contribution in [0, 0.1) is 0 Å². The summed E-state index contributed by atoms with van der Waals surface area (Å²) in [6.45, 7) is 3.45. The maximum atomic E-state index is 6.17. The monoisotopic (exact) mass is 320 g/mol. The number of hydrogen-bond donors (Lipinski definition) is 0. The van der Waals surface area contributed by atoms with Gasteiger partial charge in [-0.05, 0) is 52.0 Å². The minimum absolute atomic E-state index is 0.0542. The molecule has 4 rings (SSSR count). The molecule has 2 fully saturated rings. The maximum Gasteiger partial charge on any atom is 0.140 e. The van der Waals surface area contributed by atoms with E-state index in [-0.39, 0.29) is 5.60 Å². The molecule has 1 unspecified atom stereocenters. The van der Waals surface area contributed by atoms with E-state index < -0.39 is 0 Å². The molecular formula is C18H28N2O3. The molecule has 1 spiro atoms. The summed E-state index contributed by atoms with van der Waals surface area (Å²) in [5.74, 6) is 1.13. The van der Waals surface area contributed by atoms with Crippen molar-refractivity contribution in [3.8, 4) is 0 Å². The molecular weight excluding hydrogens is 292 g/mol. The van der Waals surface area contributed by atoms with Gasteiger partial charge in [0, 0.05) is 44.4 Å². The van der Waals surface area contributed by atoms with Crippen LogP contribution in [0.1, 0.15) is 55.5 Å². The lowest BCUT2D eigenvalue weighted by Gasteiger charge is -2.45. The third kappa shape index (κ3) is 3.19. The molecule has 5 nitrogen and oxygen atoms in total. The summed E-state index contributed by atoms with van der Waals surface area (Å²) in [6.07, 6.45) is 9.01. The highest BCUT2D eigenvalue weighted by Gasteiger charge is 2.40. The summed E-state index contributed by atoms with van der Waals surface area (Å²) in [7, 11) is 2.23. The van der Waals surface area contributed by atoms with Crippen LogP contribution in [0.15, 0.2) is 4.52 Å². The zero-order valence-corrected chi connectivity index (χ0v) is 14.2. The lowest BCUT2D eigenvalue weighted by molar-refractivity contribution is -0.150. The molecule has 128 valence electrons. The van der Waals surface area contributed by atoms with Crippen molar-refractivity contribution in [3.63, 3.8) is 0 Å². The van der Waals surface area contributed by atoms with E-state index in [9.17, 15) is 0 Å². The Hall–Kier alpha value is -0.910. The van der Waals surface area contributed by atoms with Gasteiger partial charge in [-0.3, -0.25) is 4.90 Å². The highest BCUT2D eigenvalue weighted by atomic mass is 16.5. The molecule has 1 aromatic rings. The van der Waals surface area contributed by atoms with Crippen LogP contribution in [-0.2, 0) is 28.9 Å². The number of rotatable bonds is 3. The first-order chi connectivity index (χ1) is 11.3. The molecule has 3 heterocycles. The average molecular weight is 320 g/mol. The summed E-state index contributed by atoms with van der Waals surface area (Å²) in [5, 5.41) is 4.37. The van der Waals surface area contributed by atoms with Gasteiger partial charge in [-0.1, -0.05) is 5.16 Å². The van der Waals surface area contributed by atoms with E-state index >= 15 is 0 Å². The first kappa shape index (κ1) is 15.6. The third-order valence-electron chi connectivity index (χ3n) is 5.93. The normalized spacial score (nSPS) is 27.3. The minimum Gasteiger partial charge on any atom is -0.381 e. The Morgan fingerprint density at radius 1 is 1.17 bits per heavy atom. The molecule has 1 aliphatic carbocycles.